The van der Waals surface area contributed by atoms with Crippen molar-refractivity contribution in [2.75, 3.05) is 11.9 Å². The number of hydrogen-bond acceptors (Lipinski definition) is 4. The number of hydrogen-bond donors (Lipinski definition) is 2. The van der Waals surface area contributed by atoms with Crippen LogP contribution in [-0.2, 0) is 6.54 Å². The zero-order valence-corrected chi connectivity index (χ0v) is 11.1. The standard InChI is InChI=1S/C14H17BN2O2/c1-11-8-13(15(18)19)9-16-14(11)17(2)10-12-6-4-3-5-7-12/h3-9,18-19H,10H2,1-2H3. The molecule has 0 amide bonds. The normalized spacial score (nSPS) is 10.3. The molecule has 2 N–H and O–H groups in total. The number of anilines is 1. The Morgan fingerprint density at radius 3 is 2.47 bits per heavy atom. The van der Waals surface area contributed by atoms with Gasteiger partial charge in [-0.1, -0.05) is 36.4 Å². The van der Waals surface area contributed by atoms with Crippen molar-refractivity contribution in [3.05, 3.63) is 53.7 Å². The van der Waals surface area contributed by atoms with Crippen LogP contribution < -0.4 is 10.4 Å². The molecule has 1 aromatic carbocycles. The van der Waals surface area contributed by atoms with E-state index in [0.717, 1.165) is 17.9 Å². The predicted octanol–water partition coefficient (Wildman–Crippen LogP) is 0.706. The lowest BCUT2D eigenvalue weighted by molar-refractivity contribution is 0.425. The first-order chi connectivity index (χ1) is 9.08. The van der Waals surface area contributed by atoms with Crippen molar-refractivity contribution in [1.82, 2.24) is 4.98 Å². The number of benzene rings is 1. The second kappa shape index (κ2) is 5.86. The van der Waals surface area contributed by atoms with Gasteiger partial charge < -0.3 is 14.9 Å². The second-order valence-corrected chi connectivity index (χ2v) is 4.62. The summed E-state index contributed by atoms with van der Waals surface area (Å²) in [5.41, 5.74) is 2.54. The second-order valence-electron chi connectivity index (χ2n) is 4.62. The van der Waals surface area contributed by atoms with Gasteiger partial charge in [0.15, 0.2) is 0 Å². The molecule has 19 heavy (non-hydrogen) atoms. The van der Waals surface area contributed by atoms with Gasteiger partial charge in [-0.05, 0) is 18.1 Å². The van der Waals surface area contributed by atoms with Crippen molar-refractivity contribution in [1.29, 1.82) is 0 Å². The quantitative estimate of drug-likeness (QED) is 0.791. The highest BCUT2D eigenvalue weighted by Crippen LogP contribution is 2.16. The summed E-state index contributed by atoms with van der Waals surface area (Å²) in [6, 6.07) is 11.9. The molecule has 0 aliphatic rings. The van der Waals surface area contributed by atoms with E-state index in [1.54, 1.807) is 6.07 Å². The number of pyridine rings is 1. The maximum absolute atomic E-state index is 9.11. The highest BCUT2D eigenvalue weighted by Gasteiger charge is 2.14. The Morgan fingerprint density at radius 2 is 1.89 bits per heavy atom. The Balaban J connectivity index is 2.17. The van der Waals surface area contributed by atoms with Crippen LogP contribution >= 0.6 is 0 Å². The van der Waals surface area contributed by atoms with Crippen LogP contribution in [0.3, 0.4) is 0 Å². The van der Waals surface area contributed by atoms with Crippen molar-refractivity contribution in [3.63, 3.8) is 0 Å². The number of aryl methyl sites for hydroxylation is 1. The minimum absolute atomic E-state index is 0.411. The van der Waals surface area contributed by atoms with Gasteiger partial charge in [0, 0.05) is 25.3 Å². The van der Waals surface area contributed by atoms with Crippen molar-refractivity contribution >= 4 is 18.4 Å². The highest BCUT2D eigenvalue weighted by atomic mass is 16.4. The summed E-state index contributed by atoms with van der Waals surface area (Å²) in [4.78, 5) is 6.34. The molecule has 98 valence electrons. The molecule has 0 bridgehead atoms. The third-order valence-electron chi connectivity index (χ3n) is 2.99. The predicted molar refractivity (Wildman–Crippen MR) is 77.3 cm³/mol. The molecule has 0 atom stereocenters. The van der Waals surface area contributed by atoms with Crippen molar-refractivity contribution in [2.24, 2.45) is 0 Å². The first-order valence-electron chi connectivity index (χ1n) is 6.15. The molecular weight excluding hydrogens is 239 g/mol. The van der Waals surface area contributed by atoms with Crippen LogP contribution in [0.2, 0.25) is 0 Å². The molecule has 2 aromatic rings. The van der Waals surface area contributed by atoms with Crippen LogP contribution in [0.25, 0.3) is 0 Å². The molecule has 0 unspecified atom stereocenters. The zero-order chi connectivity index (χ0) is 13.8. The van der Waals surface area contributed by atoms with Gasteiger partial charge in [0.1, 0.15) is 5.82 Å². The maximum Gasteiger partial charge on any atom is 0.490 e. The smallest absolute Gasteiger partial charge is 0.423 e. The molecule has 1 heterocycles. The number of nitrogens with zero attached hydrogens (tertiary/aromatic N) is 2. The van der Waals surface area contributed by atoms with Gasteiger partial charge in [-0.3, -0.25) is 0 Å². The SMILES string of the molecule is Cc1cc(B(O)O)cnc1N(C)Cc1ccccc1. The number of rotatable bonds is 4. The Kier molecular flexibility index (Phi) is 4.19. The molecule has 0 spiro atoms. The van der Waals surface area contributed by atoms with E-state index in [4.69, 9.17) is 10.0 Å². The van der Waals surface area contributed by atoms with E-state index in [0.29, 0.717) is 5.46 Å². The van der Waals surface area contributed by atoms with E-state index in [1.165, 1.54) is 11.8 Å². The van der Waals surface area contributed by atoms with Crippen molar-refractivity contribution < 1.29 is 10.0 Å². The summed E-state index contributed by atoms with van der Waals surface area (Å²) in [6.45, 7) is 2.67. The molecule has 0 saturated heterocycles. The van der Waals surface area contributed by atoms with Gasteiger partial charge >= 0.3 is 7.12 Å². The van der Waals surface area contributed by atoms with E-state index >= 15 is 0 Å². The molecule has 1 aromatic heterocycles. The van der Waals surface area contributed by atoms with Crippen molar-refractivity contribution in [3.8, 4) is 0 Å². The third kappa shape index (κ3) is 3.33. The lowest BCUT2D eigenvalue weighted by atomic mass is 9.81. The van der Waals surface area contributed by atoms with Crippen LogP contribution in [0.4, 0.5) is 5.82 Å². The third-order valence-corrected chi connectivity index (χ3v) is 2.99. The van der Waals surface area contributed by atoms with E-state index < -0.39 is 7.12 Å². The first kappa shape index (κ1) is 13.6. The van der Waals surface area contributed by atoms with E-state index in [2.05, 4.69) is 17.1 Å². The van der Waals surface area contributed by atoms with Crippen LogP contribution in [0.1, 0.15) is 11.1 Å². The summed E-state index contributed by atoms with van der Waals surface area (Å²) in [7, 11) is 0.497. The van der Waals surface area contributed by atoms with Gasteiger partial charge in [0.2, 0.25) is 0 Å². The molecule has 0 radical (unpaired) electrons. The summed E-state index contributed by atoms with van der Waals surface area (Å²) >= 11 is 0. The Hall–Kier alpha value is -1.85. The topological polar surface area (TPSA) is 56.6 Å². The fourth-order valence-corrected chi connectivity index (χ4v) is 2.06. The first-order valence-corrected chi connectivity index (χ1v) is 6.15. The molecule has 0 aliphatic carbocycles. The zero-order valence-electron chi connectivity index (χ0n) is 11.1. The van der Waals surface area contributed by atoms with Gasteiger partial charge in [-0.15, -0.1) is 0 Å². The van der Waals surface area contributed by atoms with Crippen LogP contribution in [0.15, 0.2) is 42.6 Å². The fourth-order valence-electron chi connectivity index (χ4n) is 2.06. The van der Waals surface area contributed by atoms with E-state index in [-0.39, 0.29) is 0 Å². The fraction of sp³-hybridized carbons (Fsp3) is 0.214. The Morgan fingerprint density at radius 1 is 1.21 bits per heavy atom. The summed E-state index contributed by atoms with van der Waals surface area (Å²) < 4.78 is 0. The molecular formula is C14H17BN2O2. The summed E-state index contributed by atoms with van der Waals surface area (Å²) in [6.07, 6.45) is 1.49. The van der Waals surface area contributed by atoms with Crippen molar-refractivity contribution in [2.45, 2.75) is 13.5 Å². The molecule has 5 heteroatoms. The van der Waals surface area contributed by atoms with Gasteiger partial charge in [-0.2, -0.15) is 0 Å². The largest absolute Gasteiger partial charge is 0.490 e. The molecule has 0 aliphatic heterocycles. The average Bonchev–Trinajstić information content (AvgIpc) is 2.39. The molecule has 2 rings (SSSR count). The lowest BCUT2D eigenvalue weighted by Gasteiger charge is -2.20. The molecule has 0 fully saturated rings. The number of aromatic nitrogens is 1. The summed E-state index contributed by atoms with van der Waals surface area (Å²) in [5, 5.41) is 18.2. The van der Waals surface area contributed by atoms with Crippen LogP contribution in [0.5, 0.6) is 0 Å². The highest BCUT2D eigenvalue weighted by molar-refractivity contribution is 6.58. The monoisotopic (exact) mass is 256 g/mol. The Labute approximate surface area is 113 Å². The van der Waals surface area contributed by atoms with Gasteiger partial charge in [0.05, 0.1) is 0 Å². The minimum atomic E-state index is -1.47. The maximum atomic E-state index is 9.11. The summed E-state index contributed by atoms with van der Waals surface area (Å²) in [5.74, 6) is 0.841. The van der Waals surface area contributed by atoms with E-state index in [9.17, 15) is 0 Å². The van der Waals surface area contributed by atoms with Gasteiger partial charge in [-0.25, -0.2) is 4.98 Å². The van der Waals surface area contributed by atoms with Crippen LogP contribution in [-0.4, -0.2) is 29.2 Å². The van der Waals surface area contributed by atoms with Gasteiger partial charge in [0.25, 0.3) is 0 Å². The average molecular weight is 256 g/mol. The van der Waals surface area contributed by atoms with Crippen LogP contribution in [0, 0.1) is 6.92 Å². The Bertz CT molecular complexity index is 546. The lowest BCUT2D eigenvalue weighted by Crippen LogP contribution is -2.31. The van der Waals surface area contributed by atoms with E-state index in [1.807, 2.05) is 37.1 Å². The molecule has 0 saturated carbocycles. The minimum Gasteiger partial charge on any atom is -0.423 e. The molecule has 4 nitrogen and oxygen atoms in total.